The largest absolute Gasteiger partial charge is 0.484 e. The lowest BCUT2D eigenvalue weighted by atomic mass is 10.1. The zero-order chi connectivity index (χ0) is 15.8. The van der Waals surface area contributed by atoms with Crippen molar-refractivity contribution >= 4 is 11.9 Å². The smallest absolute Gasteiger partial charge is 0.375 e. The van der Waals surface area contributed by atoms with E-state index in [2.05, 4.69) is 0 Å². The molecular weight excluding hydrogens is 276 g/mol. The van der Waals surface area contributed by atoms with Crippen LogP contribution in [0.3, 0.4) is 0 Å². The summed E-state index contributed by atoms with van der Waals surface area (Å²) in [5.41, 5.74) is 0.764. The van der Waals surface area contributed by atoms with E-state index in [-0.39, 0.29) is 6.61 Å². The molecule has 6 heteroatoms. The quantitative estimate of drug-likeness (QED) is 0.565. The maximum atomic E-state index is 11.3. The number of rotatable bonds is 8. The van der Waals surface area contributed by atoms with Crippen LogP contribution in [0.1, 0.15) is 31.9 Å². The Hall–Kier alpha value is -2.50. The first kappa shape index (κ1) is 16.6. The number of ether oxygens (including phenoxy) is 2. The molecule has 21 heavy (non-hydrogen) atoms. The molecule has 1 atom stereocenters. The number of carboxylic acid groups (broad SMARTS) is 2. The minimum absolute atomic E-state index is 0.0316. The van der Waals surface area contributed by atoms with Crippen molar-refractivity contribution in [1.82, 2.24) is 0 Å². The van der Waals surface area contributed by atoms with Crippen molar-refractivity contribution in [3.8, 4) is 0 Å². The van der Waals surface area contributed by atoms with E-state index in [1.165, 1.54) is 0 Å². The van der Waals surface area contributed by atoms with Crippen LogP contribution in [-0.4, -0.2) is 28.8 Å². The summed E-state index contributed by atoms with van der Waals surface area (Å²) in [4.78, 5) is 22.4. The molecule has 0 spiro atoms. The first-order valence-electron chi connectivity index (χ1n) is 6.56. The predicted molar refractivity (Wildman–Crippen MR) is 74.5 cm³/mol. The van der Waals surface area contributed by atoms with Crippen molar-refractivity contribution in [2.75, 3.05) is 6.61 Å². The van der Waals surface area contributed by atoms with Crippen molar-refractivity contribution < 1.29 is 29.3 Å². The Bertz CT molecular complexity index is 520. The molecule has 0 aliphatic rings. The molecule has 114 valence electrons. The van der Waals surface area contributed by atoms with E-state index in [9.17, 15) is 14.7 Å². The van der Waals surface area contributed by atoms with Gasteiger partial charge in [-0.15, -0.1) is 0 Å². The summed E-state index contributed by atoms with van der Waals surface area (Å²) in [6.07, 6.45) is -0.0769. The van der Waals surface area contributed by atoms with Gasteiger partial charge in [0.05, 0.1) is 6.61 Å². The van der Waals surface area contributed by atoms with E-state index in [0.717, 1.165) is 5.56 Å². The molecule has 6 nitrogen and oxygen atoms in total. The van der Waals surface area contributed by atoms with E-state index in [4.69, 9.17) is 14.6 Å². The van der Waals surface area contributed by atoms with E-state index in [0.29, 0.717) is 6.42 Å². The average Bonchev–Trinajstić information content (AvgIpc) is 2.47. The van der Waals surface area contributed by atoms with Gasteiger partial charge in [-0.25, -0.2) is 9.59 Å². The fourth-order valence-electron chi connectivity index (χ4n) is 1.77. The molecule has 0 radical (unpaired) electrons. The highest BCUT2D eigenvalue weighted by Crippen LogP contribution is 2.25. The maximum absolute atomic E-state index is 11.3. The predicted octanol–water partition coefficient (Wildman–Crippen LogP) is 2.57. The van der Waals surface area contributed by atoms with Crippen LogP contribution in [-0.2, 0) is 19.1 Å². The summed E-state index contributed by atoms with van der Waals surface area (Å²) in [5.74, 6) is -4.34. The highest BCUT2D eigenvalue weighted by Gasteiger charge is 2.27. The van der Waals surface area contributed by atoms with Crippen molar-refractivity contribution in [2.45, 2.75) is 26.4 Å². The van der Waals surface area contributed by atoms with Gasteiger partial charge in [0.2, 0.25) is 0 Å². The standard InChI is InChI=1S/C15H18O6/c1-3-11(10-8-6-5-7-9-10)21-13(15(18)19)12(14(16)17)20-4-2/h5-9,11H,3-4H2,1-2H3,(H,16,17)(H,18,19). The third-order valence-electron chi connectivity index (χ3n) is 2.69. The van der Waals surface area contributed by atoms with Crippen molar-refractivity contribution in [3.05, 3.63) is 47.4 Å². The van der Waals surface area contributed by atoms with Crippen LogP contribution in [0.2, 0.25) is 0 Å². The summed E-state index contributed by atoms with van der Waals surface area (Å²) in [6.45, 7) is 3.42. The van der Waals surface area contributed by atoms with Gasteiger partial charge in [-0.3, -0.25) is 0 Å². The second-order valence-electron chi connectivity index (χ2n) is 4.13. The fourth-order valence-corrected chi connectivity index (χ4v) is 1.77. The van der Waals surface area contributed by atoms with Crippen molar-refractivity contribution in [2.24, 2.45) is 0 Å². The first-order chi connectivity index (χ1) is 10.0. The zero-order valence-corrected chi connectivity index (χ0v) is 11.9. The van der Waals surface area contributed by atoms with Crippen LogP contribution >= 0.6 is 0 Å². The number of carbonyl (C=O) groups is 2. The van der Waals surface area contributed by atoms with Crippen molar-refractivity contribution in [3.63, 3.8) is 0 Å². The third-order valence-corrected chi connectivity index (χ3v) is 2.69. The first-order valence-corrected chi connectivity index (χ1v) is 6.56. The lowest BCUT2D eigenvalue weighted by Gasteiger charge is -2.19. The lowest BCUT2D eigenvalue weighted by Crippen LogP contribution is -2.18. The van der Waals surface area contributed by atoms with Crippen LogP contribution in [0.5, 0.6) is 0 Å². The van der Waals surface area contributed by atoms with E-state index < -0.39 is 29.6 Å². The summed E-state index contributed by atoms with van der Waals surface area (Å²) < 4.78 is 10.3. The monoisotopic (exact) mass is 294 g/mol. The Kier molecular flexibility index (Phi) is 6.26. The van der Waals surface area contributed by atoms with E-state index in [1.807, 2.05) is 13.0 Å². The zero-order valence-electron chi connectivity index (χ0n) is 11.9. The second kappa shape index (κ2) is 7.94. The fraction of sp³-hybridized carbons (Fsp3) is 0.333. The van der Waals surface area contributed by atoms with Gasteiger partial charge in [0.15, 0.2) is 0 Å². The van der Waals surface area contributed by atoms with Crippen LogP contribution in [0.4, 0.5) is 0 Å². The second-order valence-corrected chi connectivity index (χ2v) is 4.13. The summed E-state index contributed by atoms with van der Waals surface area (Å²) >= 11 is 0. The average molecular weight is 294 g/mol. The van der Waals surface area contributed by atoms with Gasteiger partial charge in [0.1, 0.15) is 6.10 Å². The van der Waals surface area contributed by atoms with Gasteiger partial charge in [-0.2, -0.15) is 0 Å². The van der Waals surface area contributed by atoms with E-state index in [1.54, 1.807) is 31.2 Å². The van der Waals surface area contributed by atoms with E-state index >= 15 is 0 Å². The maximum Gasteiger partial charge on any atom is 0.375 e. The molecule has 1 aromatic rings. The number of aliphatic carboxylic acids is 2. The molecule has 1 unspecified atom stereocenters. The third kappa shape index (κ3) is 4.52. The van der Waals surface area contributed by atoms with Gasteiger partial charge in [-0.05, 0) is 18.9 Å². The van der Waals surface area contributed by atoms with Crippen LogP contribution < -0.4 is 0 Å². The molecule has 1 aromatic carbocycles. The Balaban J connectivity index is 3.14. The molecular formula is C15H18O6. The van der Waals surface area contributed by atoms with Crippen LogP contribution in [0.15, 0.2) is 41.9 Å². The molecule has 0 aromatic heterocycles. The highest BCUT2D eigenvalue weighted by atomic mass is 16.6. The van der Waals surface area contributed by atoms with Crippen molar-refractivity contribution in [1.29, 1.82) is 0 Å². The Labute approximate surface area is 122 Å². The minimum atomic E-state index is -1.48. The summed E-state index contributed by atoms with van der Waals surface area (Å²) in [5, 5.41) is 18.2. The Morgan fingerprint density at radius 3 is 2.05 bits per heavy atom. The molecule has 0 fully saturated rings. The normalized spacial score (nSPS) is 13.0. The molecule has 0 saturated heterocycles. The minimum Gasteiger partial charge on any atom is -0.484 e. The van der Waals surface area contributed by atoms with Gasteiger partial charge in [-0.1, -0.05) is 37.3 Å². The highest BCUT2D eigenvalue weighted by molar-refractivity contribution is 5.95. The van der Waals surface area contributed by atoms with Gasteiger partial charge >= 0.3 is 11.9 Å². The molecule has 0 saturated carbocycles. The number of hydrogen-bond donors (Lipinski definition) is 2. The molecule has 0 bridgehead atoms. The molecule has 1 rings (SSSR count). The van der Waals surface area contributed by atoms with Gasteiger partial charge in [0, 0.05) is 0 Å². The number of hydrogen-bond acceptors (Lipinski definition) is 4. The Morgan fingerprint density at radius 2 is 1.62 bits per heavy atom. The summed E-state index contributed by atoms with van der Waals surface area (Å²) in [7, 11) is 0. The molecule has 0 amide bonds. The molecule has 0 aliphatic carbocycles. The lowest BCUT2D eigenvalue weighted by molar-refractivity contribution is -0.143. The van der Waals surface area contributed by atoms with Crippen LogP contribution in [0.25, 0.3) is 0 Å². The molecule has 2 N–H and O–H groups in total. The topological polar surface area (TPSA) is 93.1 Å². The van der Waals surface area contributed by atoms with Gasteiger partial charge in [0.25, 0.3) is 11.5 Å². The Morgan fingerprint density at radius 1 is 1.05 bits per heavy atom. The number of benzene rings is 1. The molecule has 0 heterocycles. The van der Waals surface area contributed by atoms with Gasteiger partial charge < -0.3 is 19.7 Å². The molecule has 0 aliphatic heterocycles. The summed E-state index contributed by atoms with van der Waals surface area (Å²) in [6, 6.07) is 8.99. The van der Waals surface area contributed by atoms with Crippen LogP contribution in [0, 0.1) is 0 Å². The SMILES string of the molecule is CCOC(C(=O)O)=C(OC(CC)c1ccccc1)C(=O)O. The number of carboxylic acids is 2.